The number of amides is 2. The largest absolute Gasteiger partial charge is 0.489 e. The molecular weight excluding hydrogens is 466 g/mol. The quantitative estimate of drug-likeness (QED) is 0.325. The number of hydrazine groups is 1. The van der Waals surface area contributed by atoms with Gasteiger partial charge in [0, 0.05) is 10.9 Å². The van der Waals surface area contributed by atoms with E-state index in [0.717, 1.165) is 11.3 Å². The van der Waals surface area contributed by atoms with Crippen LogP contribution in [-0.2, 0) is 18.0 Å². The smallest absolute Gasteiger partial charge is 0.276 e. The van der Waals surface area contributed by atoms with E-state index < -0.39 is 11.8 Å². The van der Waals surface area contributed by atoms with Crippen LogP contribution in [0.5, 0.6) is 17.2 Å². The Balaban J connectivity index is 1.15. The molecule has 0 atom stereocenters. The van der Waals surface area contributed by atoms with Crippen molar-refractivity contribution in [1.82, 2.24) is 15.8 Å². The summed E-state index contributed by atoms with van der Waals surface area (Å²) in [7, 11) is 0. The van der Waals surface area contributed by atoms with E-state index in [4.69, 9.17) is 14.2 Å². The van der Waals surface area contributed by atoms with Crippen LogP contribution in [0.15, 0.2) is 89.8 Å². The van der Waals surface area contributed by atoms with Crippen LogP contribution in [0, 0.1) is 0 Å². The minimum atomic E-state index is -0.494. The first kappa shape index (κ1) is 23.8. The molecule has 0 radical (unpaired) electrons. The van der Waals surface area contributed by atoms with Crippen molar-refractivity contribution >= 4 is 23.2 Å². The van der Waals surface area contributed by atoms with Crippen molar-refractivity contribution in [3.63, 3.8) is 0 Å². The van der Waals surface area contributed by atoms with Crippen molar-refractivity contribution in [2.75, 3.05) is 6.61 Å². The second-order valence-corrected chi connectivity index (χ2v) is 8.05. The summed E-state index contributed by atoms with van der Waals surface area (Å²) in [6.45, 7) is 0.563. The lowest BCUT2D eigenvalue weighted by Gasteiger charge is -2.10. The van der Waals surface area contributed by atoms with E-state index in [1.54, 1.807) is 54.0 Å². The topological polar surface area (TPSA) is 98.8 Å². The van der Waals surface area contributed by atoms with Crippen LogP contribution in [0.25, 0.3) is 0 Å². The summed E-state index contributed by atoms with van der Waals surface area (Å²) >= 11 is 1.50. The predicted octanol–water partition coefficient (Wildman–Crippen LogP) is 4.14. The third-order valence-corrected chi connectivity index (χ3v) is 5.38. The summed E-state index contributed by atoms with van der Waals surface area (Å²) < 4.78 is 16.8. The average molecular weight is 490 g/mol. The van der Waals surface area contributed by atoms with Gasteiger partial charge < -0.3 is 14.2 Å². The highest BCUT2D eigenvalue weighted by Crippen LogP contribution is 2.19. The first-order valence-corrected chi connectivity index (χ1v) is 11.7. The molecule has 0 saturated carbocycles. The lowest BCUT2D eigenvalue weighted by Crippen LogP contribution is -2.43. The number of ether oxygens (including phenoxy) is 3. The zero-order valence-electron chi connectivity index (χ0n) is 18.7. The predicted molar refractivity (Wildman–Crippen MR) is 131 cm³/mol. The molecule has 0 saturated heterocycles. The van der Waals surface area contributed by atoms with Crippen molar-refractivity contribution in [1.29, 1.82) is 0 Å². The van der Waals surface area contributed by atoms with Crippen LogP contribution in [0.2, 0.25) is 0 Å². The van der Waals surface area contributed by atoms with Gasteiger partial charge in [-0.25, -0.2) is 4.98 Å². The number of nitrogens with one attached hydrogen (secondary N) is 2. The number of carbonyl (C=O) groups is 2. The standard InChI is InChI=1S/C26H23N3O5S/c30-25(16-34-24-12-10-23(11-13-24)32-14-19-4-2-1-3-5-19)28-29-26(31)20-6-8-22(9-7-20)33-15-21-17-35-18-27-21/h1-13,17-18H,14-16H2,(H,28,30)(H,29,31). The molecule has 0 spiro atoms. The third-order valence-electron chi connectivity index (χ3n) is 4.74. The van der Waals surface area contributed by atoms with Crippen molar-refractivity contribution in [2.24, 2.45) is 0 Å². The maximum absolute atomic E-state index is 12.3. The van der Waals surface area contributed by atoms with E-state index in [-0.39, 0.29) is 6.61 Å². The average Bonchev–Trinajstić information content (AvgIpc) is 3.43. The minimum absolute atomic E-state index is 0.256. The van der Waals surface area contributed by atoms with Crippen molar-refractivity contribution < 1.29 is 23.8 Å². The monoisotopic (exact) mass is 489 g/mol. The molecule has 2 N–H and O–H groups in total. The van der Waals surface area contributed by atoms with Crippen LogP contribution >= 0.6 is 11.3 Å². The molecule has 9 heteroatoms. The Hall–Kier alpha value is -4.37. The molecule has 35 heavy (non-hydrogen) atoms. The van der Waals surface area contributed by atoms with Gasteiger partial charge in [0.1, 0.15) is 30.5 Å². The van der Waals surface area contributed by atoms with E-state index in [0.29, 0.717) is 36.0 Å². The molecule has 0 aliphatic carbocycles. The molecular formula is C26H23N3O5S. The Morgan fingerprint density at radius 2 is 1.37 bits per heavy atom. The van der Waals surface area contributed by atoms with Gasteiger partial charge in [-0.05, 0) is 54.1 Å². The van der Waals surface area contributed by atoms with E-state index in [2.05, 4.69) is 15.8 Å². The second-order valence-electron chi connectivity index (χ2n) is 7.33. The van der Waals surface area contributed by atoms with Crippen molar-refractivity contribution in [3.8, 4) is 17.2 Å². The van der Waals surface area contributed by atoms with Crippen LogP contribution in [-0.4, -0.2) is 23.4 Å². The van der Waals surface area contributed by atoms with Gasteiger partial charge >= 0.3 is 0 Å². The summed E-state index contributed by atoms with van der Waals surface area (Å²) in [6.07, 6.45) is 0. The van der Waals surface area contributed by atoms with Crippen molar-refractivity contribution in [2.45, 2.75) is 13.2 Å². The van der Waals surface area contributed by atoms with Crippen LogP contribution in [0.1, 0.15) is 21.6 Å². The molecule has 0 aliphatic heterocycles. The molecule has 178 valence electrons. The van der Waals surface area contributed by atoms with Gasteiger partial charge in [-0.15, -0.1) is 11.3 Å². The highest BCUT2D eigenvalue weighted by Gasteiger charge is 2.09. The number of hydrogen-bond donors (Lipinski definition) is 2. The minimum Gasteiger partial charge on any atom is -0.489 e. The zero-order chi connectivity index (χ0) is 24.3. The SMILES string of the molecule is O=C(COc1ccc(OCc2ccccc2)cc1)NNC(=O)c1ccc(OCc2cscn2)cc1. The van der Waals surface area contributed by atoms with Crippen molar-refractivity contribution in [3.05, 3.63) is 107 Å². The van der Waals surface area contributed by atoms with E-state index >= 15 is 0 Å². The number of nitrogens with zero attached hydrogens (tertiary/aromatic N) is 1. The number of carbonyl (C=O) groups excluding carboxylic acids is 2. The highest BCUT2D eigenvalue weighted by molar-refractivity contribution is 7.07. The van der Waals surface area contributed by atoms with Gasteiger partial charge in [-0.2, -0.15) is 0 Å². The lowest BCUT2D eigenvalue weighted by atomic mass is 10.2. The first-order chi connectivity index (χ1) is 17.2. The molecule has 4 aromatic rings. The fourth-order valence-electron chi connectivity index (χ4n) is 2.93. The molecule has 0 aliphatic rings. The molecule has 0 fully saturated rings. The van der Waals surface area contributed by atoms with Gasteiger partial charge in [0.15, 0.2) is 6.61 Å². The van der Waals surface area contributed by atoms with E-state index in [1.807, 2.05) is 35.7 Å². The van der Waals surface area contributed by atoms with Crippen LogP contribution in [0.3, 0.4) is 0 Å². The summed E-state index contributed by atoms with van der Waals surface area (Å²) in [4.78, 5) is 28.4. The molecule has 2 amide bonds. The van der Waals surface area contributed by atoms with Crippen LogP contribution in [0.4, 0.5) is 0 Å². The summed E-state index contributed by atoms with van der Waals surface area (Å²) in [5.41, 5.74) is 8.72. The van der Waals surface area contributed by atoms with Crippen LogP contribution < -0.4 is 25.1 Å². The highest BCUT2D eigenvalue weighted by atomic mass is 32.1. The summed E-state index contributed by atoms with van der Waals surface area (Å²) in [5, 5.41) is 1.91. The van der Waals surface area contributed by atoms with Gasteiger partial charge in [-0.3, -0.25) is 20.4 Å². The number of aromatic nitrogens is 1. The number of rotatable bonds is 10. The van der Waals surface area contributed by atoms with Gasteiger partial charge in [0.2, 0.25) is 0 Å². The maximum atomic E-state index is 12.3. The fourth-order valence-corrected chi connectivity index (χ4v) is 3.47. The molecule has 3 aromatic carbocycles. The lowest BCUT2D eigenvalue weighted by molar-refractivity contribution is -0.123. The fraction of sp³-hybridized carbons (Fsp3) is 0.115. The normalized spacial score (nSPS) is 10.3. The Morgan fingerprint density at radius 3 is 2.03 bits per heavy atom. The molecule has 4 rings (SSSR count). The first-order valence-electron chi connectivity index (χ1n) is 10.7. The summed E-state index contributed by atoms with van der Waals surface area (Å²) in [5.74, 6) is 0.864. The van der Waals surface area contributed by atoms with Gasteiger partial charge in [-0.1, -0.05) is 30.3 Å². The zero-order valence-corrected chi connectivity index (χ0v) is 19.5. The Bertz CT molecular complexity index is 1210. The van der Waals surface area contributed by atoms with E-state index in [9.17, 15) is 9.59 Å². The Morgan fingerprint density at radius 1 is 0.743 bits per heavy atom. The van der Waals surface area contributed by atoms with Gasteiger partial charge in [0.05, 0.1) is 11.2 Å². The Kier molecular flexibility index (Phi) is 8.28. The number of hydrogen-bond acceptors (Lipinski definition) is 7. The van der Waals surface area contributed by atoms with E-state index in [1.165, 1.54) is 11.3 Å². The molecule has 1 heterocycles. The molecule has 0 bridgehead atoms. The molecule has 8 nitrogen and oxygen atoms in total. The summed E-state index contributed by atoms with van der Waals surface area (Å²) in [6, 6.07) is 23.4. The number of thiazole rings is 1. The Labute approximate surface area is 206 Å². The third kappa shape index (κ3) is 7.58. The molecule has 0 unspecified atom stereocenters. The number of benzene rings is 3. The maximum Gasteiger partial charge on any atom is 0.276 e. The second kappa shape index (κ2) is 12.2. The molecule has 1 aromatic heterocycles. The van der Waals surface area contributed by atoms with Gasteiger partial charge in [0.25, 0.3) is 11.8 Å².